The first kappa shape index (κ1) is 10.9. The van der Waals surface area contributed by atoms with Crippen molar-refractivity contribution < 1.29 is 4.79 Å². The molecule has 2 aliphatic heterocycles. The first-order valence-corrected chi connectivity index (χ1v) is 5.80. The Hall–Kier alpha value is -0.610. The fourth-order valence-corrected chi connectivity index (χ4v) is 2.61. The summed E-state index contributed by atoms with van der Waals surface area (Å²) in [6, 6.07) is 0. The van der Waals surface area contributed by atoms with Crippen LogP contribution in [0.3, 0.4) is 0 Å². The largest absolute Gasteiger partial charge is 0.349 e. The number of carbonyl (C=O) groups is 1. The highest BCUT2D eigenvalue weighted by Crippen LogP contribution is 2.26. The van der Waals surface area contributed by atoms with Crippen LogP contribution < -0.4 is 5.32 Å². The molecule has 2 fully saturated rings. The Morgan fingerprint density at radius 1 is 1.33 bits per heavy atom. The molecule has 1 N–H and O–H groups in total. The van der Waals surface area contributed by atoms with Crippen LogP contribution in [0.15, 0.2) is 0 Å². The molecule has 4 nitrogen and oxygen atoms in total. The predicted molar refractivity (Wildman–Crippen MR) is 59.6 cm³/mol. The van der Waals surface area contributed by atoms with Gasteiger partial charge in [-0.1, -0.05) is 0 Å². The molecule has 2 rings (SSSR count). The van der Waals surface area contributed by atoms with E-state index < -0.39 is 0 Å². The van der Waals surface area contributed by atoms with Crippen molar-refractivity contribution in [2.24, 2.45) is 11.8 Å². The first-order chi connectivity index (χ1) is 7.16. The van der Waals surface area contributed by atoms with E-state index in [1.165, 1.54) is 26.2 Å². The molecule has 2 saturated heterocycles. The number of rotatable bonds is 3. The van der Waals surface area contributed by atoms with Gasteiger partial charge in [0.2, 0.25) is 5.91 Å². The quantitative estimate of drug-likeness (QED) is 0.691. The highest BCUT2D eigenvalue weighted by molar-refractivity contribution is 5.75. The second-order valence-electron chi connectivity index (χ2n) is 4.98. The maximum Gasteiger partial charge on any atom is 0.223 e. The number of hydrogen-bond donors (Lipinski definition) is 1. The van der Waals surface area contributed by atoms with Gasteiger partial charge in [-0.25, -0.2) is 0 Å². The van der Waals surface area contributed by atoms with E-state index >= 15 is 0 Å². The van der Waals surface area contributed by atoms with Crippen LogP contribution in [0.4, 0.5) is 0 Å². The molecule has 0 aromatic heterocycles. The average molecular weight is 211 g/mol. The second kappa shape index (κ2) is 4.49. The zero-order valence-corrected chi connectivity index (χ0v) is 9.70. The molecule has 2 heterocycles. The molecule has 86 valence electrons. The summed E-state index contributed by atoms with van der Waals surface area (Å²) in [7, 11) is 3.65. The van der Waals surface area contributed by atoms with Gasteiger partial charge < -0.3 is 15.1 Å². The van der Waals surface area contributed by atoms with Crippen LogP contribution in [0.25, 0.3) is 0 Å². The Labute approximate surface area is 91.6 Å². The van der Waals surface area contributed by atoms with Gasteiger partial charge in [0, 0.05) is 40.2 Å². The Balaban J connectivity index is 1.71. The third kappa shape index (κ3) is 2.49. The third-order valence-electron chi connectivity index (χ3n) is 3.61. The summed E-state index contributed by atoms with van der Waals surface area (Å²) in [5, 5.41) is 3.43. The molecule has 0 bridgehead atoms. The molecule has 1 amide bonds. The molecule has 4 heteroatoms. The minimum Gasteiger partial charge on any atom is -0.349 e. The van der Waals surface area contributed by atoms with Crippen LogP contribution in [0, 0.1) is 11.8 Å². The first-order valence-electron chi connectivity index (χ1n) is 5.80. The molecule has 0 radical (unpaired) electrons. The van der Waals surface area contributed by atoms with Crippen LogP contribution in [0.5, 0.6) is 0 Å². The van der Waals surface area contributed by atoms with Crippen LogP contribution in [0.2, 0.25) is 0 Å². The summed E-state index contributed by atoms with van der Waals surface area (Å²) < 4.78 is 0. The van der Waals surface area contributed by atoms with E-state index in [0.29, 0.717) is 6.42 Å². The molecular weight excluding hydrogens is 190 g/mol. The summed E-state index contributed by atoms with van der Waals surface area (Å²) in [5.74, 6) is 1.91. The molecule has 0 saturated carbocycles. The van der Waals surface area contributed by atoms with Crippen molar-refractivity contribution in [3.8, 4) is 0 Å². The Morgan fingerprint density at radius 2 is 1.93 bits per heavy atom. The zero-order valence-electron chi connectivity index (χ0n) is 9.70. The number of carbonyl (C=O) groups excluding carboxylic acids is 1. The number of nitrogens with one attached hydrogen (secondary N) is 1. The van der Waals surface area contributed by atoms with E-state index in [4.69, 9.17) is 0 Å². The fourth-order valence-electron chi connectivity index (χ4n) is 2.61. The van der Waals surface area contributed by atoms with Gasteiger partial charge in [-0.15, -0.1) is 0 Å². The maximum absolute atomic E-state index is 11.4. The minimum absolute atomic E-state index is 0.241. The van der Waals surface area contributed by atoms with Gasteiger partial charge in [-0.3, -0.25) is 4.79 Å². The fraction of sp³-hybridized carbons (Fsp3) is 0.909. The molecular formula is C11H21N3O. The lowest BCUT2D eigenvalue weighted by atomic mass is 10.0. The van der Waals surface area contributed by atoms with E-state index in [9.17, 15) is 4.79 Å². The van der Waals surface area contributed by atoms with Crippen LogP contribution in [-0.4, -0.2) is 62.5 Å². The number of likely N-dealkylation sites (tertiary alicyclic amines) is 1. The van der Waals surface area contributed by atoms with Crippen LogP contribution in [0.1, 0.15) is 6.42 Å². The zero-order chi connectivity index (χ0) is 10.8. The van der Waals surface area contributed by atoms with E-state index in [2.05, 4.69) is 10.2 Å². The number of fused-ring (bicyclic) bond motifs is 1. The van der Waals surface area contributed by atoms with Crippen molar-refractivity contribution in [3.63, 3.8) is 0 Å². The van der Waals surface area contributed by atoms with Crippen molar-refractivity contribution in [3.05, 3.63) is 0 Å². The van der Waals surface area contributed by atoms with Gasteiger partial charge in [-0.2, -0.15) is 0 Å². The summed E-state index contributed by atoms with van der Waals surface area (Å²) in [5.41, 5.74) is 0. The van der Waals surface area contributed by atoms with Gasteiger partial charge in [-0.05, 0) is 24.9 Å². The molecule has 2 atom stereocenters. The molecule has 0 aromatic rings. The van der Waals surface area contributed by atoms with Gasteiger partial charge >= 0.3 is 0 Å². The summed E-state index contributed by atoms with van der Waals surface area (Å²) in [6.45, 7) is 5.63. The minimum atomic E-state index is 0.241. The van der Waals surface area contributed by atoms with Crippen molar-refractivity contribution in [1.29, 1.82) is 0 Å². The summed E-state index contributed by atoms with van der Waals surface area (Å²) in [6.07, 6.45) is 0.667. The van der Waals surface area contributed by atoms with Crippen LogP contribution in [-0.2, 0) is 4.79 Å². The second-order valence-corrected chi connectivity index (χ2v) is 4.98. The molecule has 2 unspecified atom stereocenters. The van der Waals surface area contributed by atoms with Gasteiger partial charge in [0.25, 0.3) is 0 Å². The van der Waals surface area contributed by atoms with Crippen molar-refractivity contribution in [1.82, 2.24) is 15.1 Å². The monoisotopic (exact) mass is 211 g/mol. The Morgan fingerprint density at radius 3 is 2.47 bits per heavy atom. The normalized spacial score (nSPS) is 30.5. The predicted octanol–water partition coefficient (Wildman–Crippen LogP) is -0.384. The molecule has 15 heavy (non-hydrogen) atoms. The van der Waals surface area contributed by atoms with Crippen molar-refractivity contribution in [2.75, 3.05) is 46.8 Å². The van der Waals surface area contributed by atoms with E-state index in [0.717, 1.165) is 18.4 Å². The molecule has 2 aliphatic rings. The van der Waals surface area contributed by atoms with Gasteiger partial charge in [0.15, 0.2) is 0 Å². The van der Waals surface area contributed by atoms with E-state index in [-0.39, 0.29) is 5.91 Å². The lowest BCUT2D eigenvalue weighted by molar-refractivity contribution is -0.129. The van der Waals surface area contributed by atoms with Crippen molar-refractivity contribution in [2.45, 2.75) is 6.42 Å². The topological polar surface area (TPSA) is 35.6 Å². The lowest BCUT2D eigenvalue weighted by Gasteiger charge is -2.18. The number of hydrogen-bond acceptors (Lipinski definition) is 3. The highest BCUT2D eigenvalue weighted by Gasteiger charge is 2.35. The average Bonchev–Trinajstić information content (AvgIpc) is 2.72. The van der Waals surface area contributed by atoms with Crippen LogP contribution >= 0.6 is 0 Å². The Bertz CT molecular complexity index is 230. The van der Waals surface area contributed by atoms with Gasteiger partial charge in [0.1, 0.15) is 0 Å². The standard InChI is InChI=1S/C11H21N3O/c1-13(2)11(15)3-4-14-7-9-5-12-6-10(9)8-14/h9-10,12H,3-8H2,1-2H3. The number of nitrogens with zero attached hydrogens (tertiary/aromatic N) is 2. The number of amides is 1. The van der Waals surface area contributed by atoms with E-state index in [1.54, 1.807) is 4.90 Å². The highest BCUT2D eigenvalue weighted by atomic mass is 16.2. The van der Waals surface area contributed by atoms with Crippen molar-refractivity contribution >= 4 is 5.91 Å². The summed E-state index contributed by atoms with van der Waals surface area (Å²) in [4.78, 5) is 15.6. The third-order valence-corrected chi connectivity index (χ3v) is 3.61. The molecule has 0 spiro atoms. The smallest absolute Gasteiger partial charge is 0.223 e. The van der Waals surface area contributed by atoms with Gasteiger partial charge in [0.05, 0.1) is 0 Å². The maximum atomic E-state index is 11.4. The molecule has 0 aromatic carbocycles. The Kier molecular flexibility index (Phi) is 3.26. The summed E-state index contributed by atoms with van der Waals surface area (Å²) >= 11 is 0. The molecule has 0 aliphatic carbocycles. The SMILES string of the molecule is CN(C)C(=O)CCN1CC2CNCC2C1. The van der Waals surface area contributed by atoms with E-state index in [1.807, 2.05) is 14.1 Å². The lowest BCUT2D eigenvalue weighted by Crippen LogP contribution is -2.31.